The Morgan fingerprint density at radius 1 is 1.24 bits per heavy atom. The first-order chi connectivity index (χ1) is 13.8. The number of hydrogen-bond donors (Lipinski definition) is 2. The van der Waals surface area contributed by atoms with Crippen LogP contribution in [0.2, 0.25) is 5.02 Å². The van der Waals surface area contributed by atoms with Gasteiger partial charge in [-0.15, -0.1) is 10.2 Å². The highest BCUT2D eigenvalue weighted by molar-refractivity contribution is 8.01. The van der Waals surface area contributed by atoms with Crippen LogP contribution in [0.15, 0.2) is 40.9 Å². The van der Waals surface area contributed by atoms with E-state index in [9.17, 15) is 18.0 Å². The number of alkyl halides is 3. The van der Waals surface area contributed by atoms with Crippen LogP contribution in [0.1, 0.15) is 5.56 Å². The van der Waals surface area contributed by atoms with Crippen molar-refractivity contribution in [2.75, 3.05) is 22.9 Å². The monoisotopic (exact) mass is 462 g/mol. The predicted octanol–water partition coefficient (Wildman–Crippen LogP) is 4.14. The van der Waals surface area contributed by atoms with Gasteiger partial charge in [-0.1, -0.05) is 52.9 Å². The standard InChI is InChI=1S/C16H14ClF3N6OS2/c17-11-4-2-1-3-10(11)7-26-12(5-6-22-26)23-13(27)8-28-15-25-24-14(29-15)21-9-16(18,19)20/h1-6H,7-9H2,(H,21,24)(H,23,27). The maximum absolute atomic E-state index is 12.2. The van der Waals surface area contributed by atoms with E-state index in [2.05, 4.69) is 25.9 Å². The van der Waals surface area contributed by atoms with Crippen LogP contribution in [0, 0.1) is 0 Å². The Hall–Kier alpha value is -2.31. The largest absolute Gasteiger partial charge is 0.405 e. The van der Waals surface area contributed by atoms with Gasteiger partial charge in [0.1, 0.15) is 12.4 Å². The van der Waals surface area contributed by atoms with E-state index < -0.39 is 12.7 Å². The van der Waals surface area contributed by atoms with E-state index in [1.54, 1.807) is 23.0 Å². The number of anilines is 2. The number of thioether (sulfide) groups is 1. The molecule has 0 unspecified atom stereocenters. The average Bonchev–Trinajstić information content (AvgIpc) is 3.29. The summed E-state index contributed by atoms with van der Waals surface area (Å²) in [5.41, 5.74) is 0.857. The molecule has 2 heterocycles. The fraction of sp³-hybridized carbons (Fsp3) is 0.250. The number of carbonyl (C=O) groups excluding carboxylic acids is 1. The van der Waals surface area contributed by atoms with Crippen molar-refractivity contribution >= 4 is 51.6 Å². The number of amides is 1. The molecule has 0 aliphatic carbocycles. The minimum absolute atomic E-state index is 0.0190. The highest BCUT2D eigenvalue weighted by Gasteiger charge is 2.27. The van der Waals surface area contributed by atoms with Crippen LogP contribution in [-0.4, -0.2) is 44.4 Å². The zero-order valence-corrected chi connectivity index (χ0v) is 17.0. The lowest BCUT2D eigenvalue weighted by Gasteiger charge is -2.09. The molecule has 3 aromatic rings. The van der Waals surface area contributed by atoms with Crippen LogP contribution in [0.25, 0.3) is 0 Å². The van der Waals surface area contributed by atoms with Crippen LogP contribution in [-0.2, 0) is 11.3 Å². The second-order valence-electron chi connectivity index (χ2n) is 5.64. The first kappa shape index (κ1) is 21.4. The fourth-order valence-electron chi connectivity index (χ4n) is 2.17. The third-order valence-corrected chi connectivity index (χ3v) is 5.82. The number of nitrogens with zero attached hydrogens (tertiary/aromatic N) is 4. The van der Waals surface area contributed by atoms with Crippen molar-refractivity contribution in [1.82, 2.24) is 20.0 Å². The van der Waals surface area contributed by atoms with E-state index in [-0.39, 0.29) is 16.8 Å². The molecule has 154 valence electrons. The Bertz CT molecular complexity index is 977. The molecular weight excluding hydrogens is 449 g/mol. The molecule has 2 aromatic heterocycles. The van der Waals surface area contributed by atoms with Gasteiger partial charge in [0.2, 0.25) is 11.0 Å². The minimum Gasteiger partial charge on any atom is -0.351 e. The highest BCUT2D eigenvalue weighted by Crippen LogP contribution is 2.26. The molecule has 1 amide bonds. The first-order valence-corrected chi connectivity index (χ1v) is 10.3. The molecular formula is C16H14ClF3N6OS2. The highest BCUT2D eigenvalue weighted by atomic mass is 35.5. The number of nitrogens with one attached hydrogen (secondary N) is 2. The van der Waals surface area contributed by atoms with E-state index in [0.717, 1.165) is 28.7 Å². The van der Waals surface area contributed by atoms with E-state index in [1.165, 1.54) is 0 Å². The van der Waals surface area contributed by atoms with Gasteiger partial charge >= 0.3 is 6.18 Å². The van der Waals surface area contributed by atoms with Gasteiger partial charge in [0.15, 0.2) is 4.34 Å². The van der Waals surface area contributed by atoms with Gasteiger partial charge in [0, 0.05) is 11.1 Å². The van der Waals surface area contributed by atoms with Gasteiger partial charge in [-0.05, 0) is 11.6 Å². The topological polar surface area (TPSA) is 84.7 Å². The van der Waals surface area contributed by atoms with Crippen LogP contribution in [0.3, 0.4) is 0 Å². The number of rotatable bonds is 8. The van der Waals surface area contributed by atoms with E-state index in [4.69, 9.17) is 11.6 Å². The van der Waals surface area contributed by atoms with Crippen LogP contribution < -0.4 is 10.6 Å². The summed E-state index contributed by atoms with van der Waals surface area (Å²) in [6.07, 6.45) is -2.78. The normalized spacial score (nSPS) is 11.4. The number of halogens is 4. The number of aromatic nitrogens is 4. The number of hydrogen-bond acceptors (Lipinski definition) is 7. The molecule has 1 aromatic carbocycles. The smallest absolute Gasteiger partial charge is 0.351 e. The van der Waals surface area contributed by atoms with Crippen molar-refractivity contribution in [3.8, 4) is 0 Å². The molecule has 0 saturated heterocycles. The molecule has 0 bridgehead atoms. The Balaban J connectivity index is 1.51. The van der Waals surface area contributed by atoms with Gasteiger partial charge < -0.3 is 10.6 Å². The van der Waals surface area contributed by atoms with Crippen LogP contribution in [0.4, 0.5) is 24.1 Å². The van der Waals surface area contributed by atoms with Gasteiger partial charge in [-0.2, -0.15) is 18.3 Å². The Morgan fingerprint density at radius 3 is 2.79 bits per heavy atom. The third kappa shape index (κ3) is 6.61. The molecule has 0 atom stereocenters. The molecule has 0 spiro atoms. The number of carbonyl (C=O) groups is 1. The molecule has 0 aliphatic rings. The van der Waals surface area contributed by atoms with Gasteiger partial charge in [0.25, 0.3) is 0 Å². The summed E-state index contributed by atoms with van der Waals surface area (Å²) >= 11 is 8.18. The molecule has 7 nitrogen and oxygen atoms in total. The fourth-order valence-corrected chi connectivity index (χ4v) is 3.92. The first-order valence-electron chi connectivity index (χ1n) is 8.12. The molecule has 0 saturated carbocycles. The van der Waals surface area contributed by atoms with E-state index >= 15 is 0 Å². The summed E-state index contributed by atoms with van der Waals surface area (Å²) in [5, 5.41) is 17.1. The summed E-state index contributed by atoms with van der Waals surface area (Å²) in [6.45, 7) is -0.803. The van der Waals surface area contributed by atoms with Gasteiger partial charge in [0.05, 0.1) is 18.5 Å². The quantitative estimate of drug-likeness (QED) is 0.489. The lowest BCUT2D eigenvalue weighted by Crippen LogP contribution is -2.21. The van der Waals surface area contributed by atoms with Crippen molar-refractivity contribution in [3.05, 3.63) is 47.1 Å². The van der Waals surface area contributed by atoms with Crippen LogP contribution in [0.5, 0.6) is 0 Å². The summed E-state index contributed by atoms with van der Waals surface area (Å²) in [5.74, 6) is 0.210. The Labute approximate surface area is 176 Å². The maximum atomic E-state index is 12.2. The molecule has 0 fully saturated rings. The molecule has 3 rings (SSSR count). The van der Waals surface area contributed by atoms with Crippen LogP contribution >= 0.6 is 34.7 Å². The predicted molar refractivity (Wildman–Crippen MR) is 107 cm³/mol. The van der Waals surface area contributed by atoms with Gasteiger partial charge in [-0.25, -0.2) is 4.68 Å². The Morgan fingerprint density at radius 2 is 2.03 bits per heavy atom. The maximum Gasteiger partial charge on any atom is 0.405 e. The SMILES string of the molecule is O=C(CSc1nnc(NCC(F)(F)F)s1)Nc1ccnn1Cc1ccccc1Cl. The zero-order chi connectivity index (χ0) is 20.9. The van der Waals surface area contributed by atoms with Crippen molar-refractivity contribution in [2.24, 2.45) is 0 Å². The summed E-state index contributed by atoms with van der Waals surface area (Å²) in [7, 11) is 0. The molecule has 13 heteroatoms. The summed E-state index contributed by atoms with van der Waals surface area (Å²) in [4.78, 5) is 12.2. The van der Waals surface area contributed by atoms with E-state index in [0.29, 0.717) is 21.7 Å². The van der Waals surface area contributed by atoms with Crippen molar-refractivity contribution in [1.29, 1.82) is 0 Å². The lowest BCUT2D eigenvalue weighted by molar-refractivity contribution is -0.115. The number of benzene rings is 1. The van der Waals surface area contributed by atoms with Gasteiger partial charge in [-0.3, -0.25) is 4.79 Å². The van der Waals surface area contributed by atoms with Crippen molar-refractivity contribution < 1.29 is 18.0 Å². The average molecular weight is 463 g/mol. The van der Waals surface area contributed by atoms with E-state index in [1.807, 2.05) is 18.2 Å². The summed E-state index contributed by atoms with van der Waals surface area (Å²) in [6, 6.07) is 8.98. The molecule has 0 radical (unpaired) electrons. The summed E-state index contributed by atoms with van der Waals surface area (Å²) < 4.78 is 38.6. The molecule has 2 N–H and O–H groups in total. The lowest BCUT2D eigenvalue weighted by atomic mass is 10.2. The zero-order valence-electron chi connectivity index (χ0n) is 14.6. The van der Waals surface area contributed by atoms with Crippen molar-refractivity contribution in [2.45, 2.75) is 17.1 Å². The molecule has 29 heavy (non-hydrogen) atoms. The third-order valence-electron chi connectivity index (χ3n) is 3.44. The Kier molecular flexibility index (Phi) is 6.98. The van der Waals surface area contributed by atoms with Crippen molar-refractivity contribution in [3.63, 3.8) is 0 Å². The minimum atomic E-state index is -4.34. The second kappa shape index (κ2) is 9.46. The molecule has 0 aliphatic heterocycles. The second-order valence-corrected chi connectivity index (χ2v) is 8.25.